The van der Waals surface area contributed by atoms with E-state index in [1.54, 1.807) is 18.3 Å². The molecule has 5 rings (SSSR count). The molecule has 3 heterocycles. The topological polar surface area (TPSA) is 67.2 Å². The third-order valence-corrected chi connectivity index (χ3v) is 6.44. The van der Waals surface area contributed by atoms with Gasteiger partial charge in [0.25, 0.3) is 0 Å². The maximum atomic E-state index is 13.5. The normalized spacial score (nSPS) is 14.1. The van der Waals surface area contributed by atoms with Gasteiger partial charge in [-0.1, -0.05) is 30.3 Å². The Bertz CT molecular complexity index is 1270. The number of aromatic nitrogens is 4. The van der Waals surface area contributed by atoms with E-state index in [4.69, 9.17) is 4.98 Å². The summed E-state index contributed by atoms with van der Waals surface area (Å²) in [5.74, 6) is 0.581. The Kier molecular flexibility index (Phi) is 6.09. The van der Waals surface area contributed by atoms with Crippen molar-refractivity contribution in [2.75, 3.05) is 31.2 Å². The van der Waals surface area contributed by atoms with E-state index in [1.807, 2.05) is 27.8 Å². The summed E-state index contributed by atoms with van der Waals surface area (Å²) >= 11 is 1.34. The van der Waals surface area contributed by atoms with Gasteiger partial charge in [0.2, 0.25) is 0 Å². The van der Waals surface area contributed by atoms with Crippen LogP contribution in [0.25, 0.3) is 22.6 Å². The Labute approximate surface area is 199 Å². The van der Waals surface area contributed by atoms with Crippen molar-refractivity contribution in [3.63, 3.8) is 0 Å². The molecular formula is C24H24AsFN6O. The molecule has 0 spiro atoms. The first-order valence-electron chi connectivity index (χ1n) is 10.9. The molecular weight excluding hydrogens is 482 g/mol. The predicted octanol–water partition coefficient (Wildman–Crippen LogP) is 1.30. The molecule has 0 bridgehead atoms. The van der Waals surface area contributed by atoms with Crippen molar-refractivity contribution < 1.29 is 9.18 Å². The molecule has 1 aliphatic heterocycles. The van der Waals surface area contributed by atoms with Gasteiger partial charge in [-0.25, -0.2) is 0 Å². The van der Waals surface area contributed by atoms with E-state index in [-0.39, 0.29) is 11.7 Å². The van der Waals surface area contributed by atoms with E-state index >= 15 is 0 Å². The van der Waals surface area contributed by atoms with Crippen molar-refractivity contribution in [3.8, 4) is 11.4 Å². The number of rotatable bonds is 5. The Morgan fingerprint density at radius 3 is 2.42 bits per heavy atom. The van der Waals surface area contributed by atoms with Crippen LogP contribution in [-0.4, -0.2) is 73.5 Å². The number of piperazine rings is 1. The van der Waals surface area contributed by atoms with E-state index < -0.39 is 0 Å². The van der Waals surface area contributed by atoms with Gasteiger partial charge in [-0.05, 0) is 0 Å². The second kappa shape index (κ2) is 9.31. The van der Waals surface area contributed by atoms with E-state index in [1.165, 1.54) is 34.5 Å². The molecule has 2 aromatic heterocycles. The monoisotopic (exact) mass is 506 g/mol. The van der Waals surface area contributed by atoms with Gasteiger partial charge in [0.15, 0.2) is 0 Å². The fourth-order valence-electron chi connectivity index (χ4n) is 4.13. The molecule has 1 saturated heterocycles. The van der Waals surface area contributed by atoms with Gasteiger partial charge in [-0.2, -0.15) is 0 Å². The van der Waals surface area contributed by atoms with Gasteiger partial charge in [0.05, 0.1) is 0 Å². The molecule has 2 aromatic carbocycles. The summed E-state index contributed by atoms with van der Waals surface area (Å²) in [6, 6.07) is 16.4. The van der Waals surface area contributed by atoms with Crippen LogP contribution in [0.4, 0.5) is 4.39 Å². The van der Waals surface area contributed by atoms with Crippen LogP contribution in [0.2, 0.25) is 0 Å². The third-order valence-electron chi connectivity index (χ3n) is 5.86. The van der Waals surface area contributed by atoms with Gasteiger partial charge in [-0.3, -0.25) is 0 Å². The van der Waals surface area contributed by atoms with Crippen molar-refractivity contribution in [3.05, 3.63) is 72.2 Å². The van der Waals surface area contributed by atoms with Crippen LogP contribution in [-0.2, 0) is 11.2 Å². The number of carbonyl (C=O) groups excluding carboxylic acids is 1. The summed E-state index contributed by atoms with van der Waals surface area (Å²) in [4.78, 5) is 28.4. The van der Waals surface area contributed by atoms with Gasteiger partial charge < -0.3 is 0 Å². The minimum absolute atomic E-state index is 0.175. The van der Waals surface area contributed by atoms with Crippen LogP contribution in [0.15, 0.2) is 60.8 Å². The molecule has 0 N–H and O–H groups in total. The quantitative estimate of drug-likeness (QED) is 0.382. The molecule has 0 radical (unpaired) electrons. The number of hydrogen-bond acceptors (Lipinski definition) is 5. The van der Waals surface area contributed by atoms with Crippen LogP contribution in [0.1, 0.15) is 12.0 Å². The summed E-state index contributed by atoms with van der Waals surface area (Å²) in [6.45, 7) is 2.57. The summed E-state index contributed by atoms with van der Waals surface area (Å²) in [5, 5.41) is 2.16. The SMILES string of the molecule is O=C(CCc1ccccc1)N1CCN(n2c(-c3ccc(F)cc3)nc3cnc([AsH2])nc32)CC1. The van der Waals surface area contributed by atoms with E-state index in [0.717, 1.165) is 22.2 Å². The van der Waals surface area contributed by atoms with Crippen molar-refractivity contribution in [1.29, 1.82) is 0 Å². The van der Waals surface area contributed by atoms with Gasteiger partial charge in [-0.15, -0.1) is 0 Å². The minimum atomic E-state index is -0.289. The first-order valence-corrected chi connectivity index (χ1v) is 12.1. The number of hydrogen-bond donors (Lipinski definition) is 0. The number of nitrogens with zero attached hydrogens (tertiary/aromatic N) is 6. The van der Waals surface area contributed by atoms with Crippen molar-refractivity contribution >= 4 is 38.5 Å². The number of amides is 1. The van der Waals surface area contributed by atoms with Crippen molar-refractivity contribution in [1.82, 2.24) is 24.5 Å². The number of imidazole rings is 1. The molecule has 1 atom stereocenters. The molecule has 1 fully saturated rings. The van der Waals surface area contributed by atoms with E-state index in [0.29, 0.717) is 43.9 Å². The molecule has 33 heavy (non-hydrogen) atoms. The Morgan fingerprint density at radius 2 is 1.70 bits per heavy atom. The number of benzene rings is 2. The third kappa shape index (κ3) is 4.62. The Balaban J connectivity index is 1.35. The van der Waals surface area contributed by atoms with Gasteiger partial charge >= 0.3 is 170 Å². The van der Waals surface area contributed by atoms with Crippen molar-refractivity contribution in [2.45, 2.75) is 12.8 Å². The Hall–Kier alpha value is -3.25. The zero-order valence-corrected chi connectivity index (χ0v) is 20.5. The van der Waals surface area contributed by atoms with Crippen LogP contribution in [0, 0.1) is 5.82 Å². The Morgan fingerprint density at radius 1 is 0.970 bits per heavy atom. The van der Waals surface area contributed by atoms with Crippen LogP contribution in [0.3, 0.4) is 0 Å². The molecule has 1 amide bonds. The first kappa shape index (κ1) is 21.6. The van der Waals surface area contributed by atoms with E-state index in [2.05, 4.69) is 27.1 Å². The second-order valence-corrected chi connectivity index (χ2v) is 9.09. The molecule has 9 heteroatoms. The van der Waals surface area contributed by atoms with Crippen molar-refractivity contribution in [2.24, 2.45) is 0 Å². The summed E-state index contributed by atoms with van der Waals surface area (Å²) < 4.78 is 16.2. The number of fused-ring (bicyclic) bond motifs is 1. The summed E-state index contributed by atoms with van der Waals surface area (Å²) in [7, 11) is 0. The van der Waals surface area contributed by atoms with Crippen LogP contribution in [0.5, 0.6) is 0 Å². The first-order chi connectivity index (χ1) is 16.1. The van der Waals surface area contributed by atoms with Gasteiger partial charge in [0, 0.05) is 0 Å². The predicted molar refractivity (Wildman–Crippen MR) is 128 cm³/mol. The molecule has 7 nitrogen and oxygen atoms in total. The number of aryl methyl sites for hydroxylation is 1. The van der Waals surface area contributed by atoms with Crippen LogP contribution < -0.4 is 9.62 Å². The molecule has 1 unspecified atom stereocenters. The number of halogens is 1. The van der Waals surface area contributed by atoms with Gasteiger partial charge in [0.1, 0.15) is 0 Å². The fourth-order valence-corrected chi connectivity index (χ4v) is 4.54. The maximum absolute atomic E-state index is 13.5. The molecule has 168 valence electrons. The fraction of sp³-hybridized carbons (Fsp3) is 0.250. The molecule has 0 saturated carbocycles. The number of carbonyl (C=O) groups is 1. The second-order valence-electron chi connectivity index (χ2n) is 8.01. The standard InChI is InChI=1S/C24H24AsFN6O/c25-24-27-16-20-23(29-24)32(22(28-20)18-7-9-19(26)10-8-18)31-14-12-30(13-15-31)21(33)11-6-17-4-2-1-3-5-17/h1-5,7-10,16H,6,11-15,25H2. The molecule has 4 aromatic rings. The summed E-state index contributed by atoms with van der Waals surface area (Å²) in [5.41, 5.74) is 3.40. The zero-order chi connectivity index (χ0) is 22.8. The average molecular weight is 506 g/mol. The summed E-state index contributed by atoms with van der Waals surface area (Å²) in [6.07, 6.45) is 2.98. The molecule has 0 aliphatic carbocycles. The zero-order valence-electron chi connectivity index (χ0n) is 18.1. The van der Waals surface area contributed by atoms with Crippen LogP contribution >= 0.6 is 0 Å². The molecule has 1 aliphatic rings. The average Bonchev–Trinajstić information content (AvgIpc) is 3.22. The van der Waals surface area contributed by atoms with E-state index in [9.17, 15) is 9.18 Å².